The molecule has 168 valence electrons. The van der Waals surface area contributed by atoms with Crippen LogP contribution in [0.5, 0.6) is 0 Å². The summed E-state index contributed by atoms with van der Waals surface area (Å²) in [7, 11) is -3.91. The van der Waals surface area contributed by atoms with Crippen LogP contribution in [0, 0.1) is 6.92 Å². The topological polar surface area (TPSA) is 126 Å². The molecule has 1 unspecified atom stereocenters. The lowest BCUT2D eigenvalue weighted by molar-refractivity contribution is -0.136. The molecule has 3 aromatic rings. The Bertz CT molecular complexity index is 1450. The van der Waals surface area contributed by atoms with E-state index in [1.54, 1.807) is 30.5 Å². The zero-order valence-electron chi connectivity index (χ0n) is 17.7. The second-order valence-electron chi connectivity index (χ2n) is 8.13. The van der Waals surface area contributed by atoms with Crippen LogP contribution in [0.4, 0.5) is 5.69 Å². The summed E-state index contributed by atoms with van der Waals surface area (Å²) >= 11 is 0. The van der Waals surface area contributed by atoms with Crippen LogP contribution in [0.15, 0.2) is 53.6 Å². The Hall–Kier alpha value is -3.79. The molecular weight excluding hydrogens is 444 g/mol. The summed E-state index contributed by atoms with van der Waals surface area (Å²) in [5.41, 5.74) is 2.07. The van der Waals surface area contributed by atoms with Gasteiger partial charge in [0.2, 0.25) is 11.8 Å². The standard InChI is InChI=1S/C23H20N4O5S/c1-13-16-3-2-4-20(18(16)9-10-24-13)33(31,32)26-15-5-6-17-14(11-15)12-27(23(17)30)19-7-8-21(28)25-22(19)29/h2-6,9-11,19,26H,7-8,12H2,1H3,(H,25,28,29). The maximum atomic E-state index is 13.2. The first-order chi connectivity index (χ1) is 15.7. The van der Waals surface area contributed by atoms with Gasteiger partial charge in [-0.15, -0.1) is 0 Å². The summed E-state index contributed by atoms with van der Waals surface area (Å²) < 4.78 is 29.0. The first-order valence-electron chi connectivity index (χ1n) is 10.4. The number of imide groups is 1. The molecule has 3 heterocycles. The van der Waals surface area contributed by atoms with Crippen LogP contribution in [-0.4, -0.2) is 42.1 Å². The fourth-order valence-electron chi connectivity index (χ4n) is 4.41. The number of aryl methyl sites for hydroxylation is 1. The SMILES string of the molecule is Cc1nccc2c(S(=O)(=O)Nc3ccc4c(c3)CN(C3CCC(=O)NC3=O)C4=O)cccc12. The second-order valence-corrected chi connectivity index (χ2v) is 9.78. The molecule has 1 saturated heterocycles. The van der Waals surface area contributed by atoms with E-state index in [4.69, 9.17) is 0 Å². The minimum absolute atomic E-state index is 0.132. The molecule has 5 rings (SSSR count). The maximum Gasteiger partial charge on any atom is 0.262 e. The molecule has 2 aliphatic rings. The fourth-order valence-corrected chi connectivity index (χ4v) is 5.68. The predicted molar refractivity (Wildman–Crippen MR) is 120 cm³/mol. The summed E-state index contributed by atoms with van der Waals surface area (Å²) in [6.07, 6.45) is 2.00. The molecule has 0 bridgehead atoms. The van der Waals surface area contributed by atoms with Gasteiger partial charge in [0.15, 0.2) is 0 Å². The zero-order valence-corrected chi connectivity index (χ0v) is 18.5. The summed E-state index contributed by atoms with van der Waals surface area (Å²) in [6, 6.07) is 10.6. The lowest BCUT2D eigenvalue weighted by Crippen LogP contribution is -2.52. The first-order valence-corrected chi connectivity index (χ1v) is 11.9. The number of fused-ring (bicyclic) bond motifs is 2. The molecule has 2 aromatic carbocycles. The molecule has 0 saturated carbocycles. The van der Waals surface area contributed by atoms with Crippen LogP contribution in [0.25, 0.3) is 10.8 Å². The van der Waals surface area contributed by atoms with Crippen molar-refractivity contribution in [3.63, 3.8) is 0 Å². The van der Waals surface area contributed by atoms with Gasteiger partial charge in [-0.05, 0) is 49.2 Å². The molecule has 1 atom stereocenters. The van der Waals surface area contributed by atoms with Gasteiger partial charge >= 0.3 is 0 Å². The number of piperidine rings is 1. The quantitative estimate of drug-likeness (QED) is 0.570. The molecule has 0 radical (unpaired) electrons. The number of nitrogens with zero attached hydrogens (tertiary/aromatic N) is 2. The highest BCUT2D eigenvalue weighted by Gasteiger charge is 2.39. The third-order valence-electron chi connectivity index (χ3n) is 6.03. The highest BCUT2D eigenvalue weighted by Crippen LogP contribution is 2.31. The smallest absolute Gasteiger partial charge is 0.262 e. The van der Waals surface area contributed by atoms with Gasteiger partial charge in [0.05, 0.1) is 4.90 Å². The number of hydrogen-bond donors (Lipinski definition) is 2. The minimum Gasteiger partial charge on any atom is -0.322 e. The van der Waals surface area contributed by atoms with Crippen LogP contribution in [0.3, 0.4) is 0 Å². The van der Waals surface area contributed by atoms with Crippen molar-refractivity contribution in [2.75, 3.05) is 4.72 Å². The minimum atomic E-state index is -3.91. The van der Waals surface area contributed by atoms with Crippen molar-refractivity contribution in [2.24, 2.45) is 0 Å². The zero-order chi connectivity index (χ0) is 23.3. The van der Waals surface area contributed by atoms with E-state index >= 15 is 0 Å². The van der Waals surface area contributed by atoms with Crippen molar-refractivity contribution in [1.82, 2.24) is 15.2 Å². The van der Waals surface area contributed by atoms with Gasteiger partial charge in [0, 0.05) is 46.9 Å². The largest absolute Gasteiger partial charge is 0.322 e. The third-order valence-corrected chi connectivity index (χ3v) is 7.47. The van der Waals surface area contributed by atoms with Gasteiger partial charge in [-0.2, -0.15) is 0 Å². The second kappa shape index (κ2) is 7.66. The van der Waals surface area contributed by atoms with Gasteiger partial charge in [0.25, 0.3) is 15.9 Å². The van der Waals surface area contributed by atoms with Gasteiger partial charge < -0.3 is 4.90 Å². The molecule has 3 amide bonds. The van der Waals surface area contributed by atoms with Crippen molar-refractivity contribution in [3.05, 3.63) is 65.5 Å². The number of anilines is 1. The Balaban J connectivity index is 1.43. The average molecular weight is 465 g/mol. The van der Waals surface area contributed by atoms with Crippen LogP contribution in [0.1, 0.15) is 34.5 Å². The molecule has 2 aliphatic heterocycles. The van der Waals surface area contributed by atoms with E-state index < -0.39 is 22.0 Å². The number of nitrogens with one attached hydrogen (secondary N) is 2. The van der Waals surface area contributed by atoms with Crippen molar-refractivity contribution in [1.29, 1.82) is 0 Å². The number of aromatic nitrogens is 1. The molecule has 0 aliphatic carbocycles. The molecule has 0 spiro atoms. The highest BCUT2D eigenvalue weighted by atomic mass is 32.2. The van der Waals surface area contributed by atoms with Crippen LogP contribution >= 0.6 is 0 Å². The van der Waals surface area contributed by atoms with Gasteiger partial charge in [-0.3, -0.25) is 29.4 Å². The summed E-state index contributed by atoms with van der Waals surface area (Å²) in [4.78, 5) is 42.2. The first kappa shape index (κ1) is 21.1. The van der Waals surface area contributed by atoms with Crippen molar-refractivity contribution >= 4 is 44.2 Å². The van der Waals surface area contributed by atoms with E-state index in [0.717, 1.165) is 11.1 Å². The third kappa shape index (κ3) is 3.62. The molecule has 10 heteroatoms. The maximum absolute atomic E-state index is 13.2. The summed E-state index contributed by atoms with van der Waals surface area (Å²) in [5, 5.41) is 3.58. The Morgan fingerprint density at radius 3 is 2.70 bits per heavy atom. The Morgan fingerprint density at radius 1 is 1.09 bits per heavy atom. The average Bonchev–Trinajstić information content (AvgIpc) is 3.09. The van der Waals surface area contributed by atoms with E-state index in [-0.39, 0.29) is 36.1 Å². The van der Waals surface area contributed by atoms with Crippen LogP contribution < -0.4 is 10.0 Å². The number of amides is 3. The van der Waals surface area contributed by atoms with E-state index in [2.05, 4.69) is 15.0 Å². The molecule has 2 N–H and O–H groups in total. The predicted octanol–water partition coefficient (Wildman–Crippen LogP) is 2.11. The number of hydrogen-bond acceptors (Lipinski definition) is 6. The summed E-state index contributed by atoms with van der Waals surface area (Å²) in [6.45, 7) is 1.98. The molecule has 1 fully saturated rings. The normalized spacial score (nSPS) is 18.4. The lowest BCUT2D eigenvalue weighted by atomic mass is 10.0. The van der Waals surface area contributed by atoms with E-state index in [1.165, 1.54) is 17.0 Å². The van der Waals surface area contributed by atoms with Gasteiger partial charge in [-0.1, -0.05) is 12.1 Å². The van der Waals surface area contributed by atoms with Gasteiger partial charge in [-0.25, -0.2) is 8.42 Å². The van der Waals surface area contributed by atoms with Gasteiger partial charge in [0.1, 0.15) is 6.04 Å². The number of benzene rings is 2. The monoisotopic (exact) mass is 464 g/mol. The number of sulfonamides is 1. The molecule has 9 nitrogen and oxygen atoms in total. The number of pyridine rings is 1. The fraction of sp³-hybridized carbons (Fsp3) is 0.217. The molecule has 1 aromatic heterocycles. The Labute approximate surface area is 189 Å². The van der Waals surface area contributed by atoms with Crippen molar-refractivity contribution < 1.29 is 22.8 Å². The van der Waals surface area contributed by atoms with Crippen molar-refractivity contribution in [2.45, 2.75) is 37.2 Å². The Kier molecular flexibility index (Phi) is 4.89. The van der Waals surface area contributed by atoms with Crippen LogP contribution in [-0.2, 0) is 26.2 Å². The highest BCUT2D eigenvalue weighted by molar-refractivity contribution is 7.93. The lowest BCUT2D eigenvalue weighted by Gasteiger charge is -2.29. The number of carbonyl (C=O) groups is 3. The Morgan fingerprint density at radius 2 is 1.91 bits per heavy atom. The summed E-state index contributed by atoms with van der Waals surface area (Å²) in [5.74, 6) is -1.16. The molecular formula is C23H20N4O5S. The van der Waals surface area contributed by atoms with E-state index in [0.29, 0.717) is 22.2 Å². The van der Waals surface area contributed by atoms with E-state index in [9.17, 15) is 22.8 Å². The molecule has 33 heavy (non-hydrogen) atoms. The number of carbonyl (C=O) groups excluding carboxylic acids is 3. The van der Waals surface area contributed by atoms with Crippen LogP contribution in [0.2, 0.25) is 0 Å². The van der Waals surface area contributed by atoms with Crippen molar-refractivity contribution in [3.8, 4) is 0 Å². The number of rotatable bonds is 4. The van der Waals surface area contributed by atoms with E-state index in [1.807, 2.05) is 13.0 Å².